The quantitative estimate of drug-likeness (QED) is 0.660. The SMILES string of the molecule is Cc1ccc(-c2nc(CNC(=O)C(C)(C)N)[nH]c2-c2ccccn2)cc1. The van der Waals surface area contributed by atoms with E-state index in [-0.39, 0.29) is 12.5 Å². The van der Waals surface area contributed by atoms with Gasteiger partial charge in [0.15, 0.2) is 0 Å². The minimum Gasteiger partial charge on any atom is -0.347 e. The molecule has 0 saturated carbocycles. The Morgan fingerprint density at radius 3 is 2.54 bits per heavy atom. The Morgan fingerprint density at radius 2 is 1.92 bits per heavy atom. The van der Waals surface area contributed by atoms with Crippen LogP contribution in [0.15, 0.2) is 48.7 Å². The van der Waals surface area contributed by atoms with Crippen molar-refractivity contribution in [1.29, 1.82) is 0 Å². The number of amides is 1. The summed E-state index contributed by atoms with van der Waals surface area (Å²) in [6.07, 6.45) is 1.74. The first kappa shape index (κ1) is 17.8. The van der Waals surface area contributed by atoms with Gasteiger partial charge in [-0.2, -0.15) is 0 Å². The number of H-pyrrole nitrogens is 1. The lowest BCUT2D eigenvalue weighted by Gasteiger charge is -2.16. The Morgan fingerprint density at radius 1 is 1.19 bits per heavy atom. The predicted octanol–water partition coefficient (Wildman–Crippen LogP) is 2.80. The summed E-state index contributed by atoms with van der Waals surface area (Å²) in [6.45, 7) is 5.65. The van der Waals surface area contributed by atoms with Gasteiger partial charge >= 0.3 is 0 Å². The largest absolute Gasteiger partial charge is 0.347 e. The van der Waals surface area contributed by atoms with E-state index in [1.165, 1.54) is 5.56 Å². The Hall–Kier alpha value is -2.99. The highest BCUT2D eigenvalue weighted by molar-refractivity contribution is 5.85. The molecule has 0 aliphatic carbocycles. The maximum atomic E-state index is 12.0. The van der Waals surface area contributed by atoms with Gasteiger partial charge in [0.25, 0.3) is 0 Å². The summed E-state index contributed by atoms with van der Waals surface area (Å²) in [4.78, 5) is 24.4. The summed E-state index contributed by atoms with van der Waals surface area (Å²) in [6, 6.07) is 13.9. The second-order valence-electron chi connectivity index (χ2n) is 6.89. The van der Waals surface area contributed by atoms with Crippen LogP contribution in [0.25, 0.3) is 22.6 Å². The van der Waals surface area contributed by atoms with E-state index in [9.17, 15) is 4.79 Å². The fourth-order valence-electron chi connectivity index (χ4n) is 2.51. The van der Waals surface area contributed by atoms with E-state index in [4.69, 9.17) is 5.73 Å². The van der Waals surface area contributed by atoms with Crippen molar-refractivity contribution in [2.24, 2.45) is 5.73 Å². The van der Waals surface area contributed by atoms with Crippen LogP contribution in [0.1, 0.15) is 25.2 Å². The molecule has 0 aliphatic heterocycles. The van der Waals surface area contributed by atoms with Crippen molar-refractivity contribution in [3.8, 4) is 22.6 Å². The predicted molar refractivity (Wildman–Crippen MR) is 102 cm³/mol. The van der Waals surface area contributed by atoms with Gasteiger partial charge in [-0.1, -0.05) is 35.9 Å². The number of benzene rings is 1. The van der Waals surface area contributed by atoms with Gasteiger partial charge in [-0.05, 0) is 32.9 Å². The zero-order valence-corrected chi connectivity index (χ0v) is 15.2. The van der Waals surface area contributed by atoms with E-state index in [0.29, 0.717) is 5.82 Å². The van der Waals surface area contributed by atoms with Crippen LogP contribution in [-0.2, 0) is 11.3 Å². The lowest BCUT2D eigenvalue weighted by atomic mass is 10.1. The summed E-state index contributed by atoms with van der Waals surface area (Å²) in [5.41, 5.74) is 9.49. The average Bonchev–Trinajstić information content (AvgIpc) is 3.04. The first-order valence-electron chi connectivity index (χ1n) is 8.49. The van der Waals surface area contributed by atoms with Gasteiger partial charge in [0.2, 0.25) is 5.91 Å². The molecule has 0 bridgehead atoms. The molecule has 0 radical (unpaired) electrons. The van der Waals surface area contributed by atoms with Crippen molar-refractivity contribution in [3.63, 3.8) is 0 Å². The highest BCUT2D eigenvalue weighted by Crippen LogP contribution is 2.29. The molecule has 4 N–H and O–H groups in total. The molecule has 2 aromatic heterocycles. The number of aromatic nitrogens is 3. The summed E-state index contributed by atoms with van der Waals surface area (Å²) >= 11 is 0. The number of pyridine rings is 1. The number of aryl methyl sites for hydroxylation is 1. The molecule has 0 atom stereocenters. The molecule has 26 heavy (non-hydrogen) atoms. The fraction of sp³-hybridized carbons (Fsp3) is 0.250. The molecular weight excluding hydrogens is 326 g/mol. The minimum absolute atomic E-state index is 0.231. The van der Waals surface area contributed by atoms with Gasteiger partial charge in [0.05, 0.1) is 29.2 Å². The maximum absolute atomic E-state index is 12.0. The lowest BCUT2D eigenvalue weighted by Crippen LogP contribution is -2.48. The minimum atomic E-state index is -0.934. The van der Waals surface area contributed by atoms with Crippen LogP contribution in [0, 0.1) is 6.92 Å². The van der Waals surface area contributed by atoms with Crippen molar-refractivity contribution in [2.75, 3.05) is 0 Å². The molecule has 0 saturated heterocycles. The molecule has 134 valence electrons. The van der Waals surface area contributed by atoms with Crippen molar-refractivity contribution in [3.05, 3.63) is 60.0 Å². The smallest absolute Gasteiger partial charge is 0.239 e. The molecule has 6 heteroatoms. The van der Waals surface area contributed by atoms with Gasteiger partial charge in [-0.15, -0.1) is 0 Å². The van der Waals surface area contributed by atoms with E-state index in [1.807, 2.05) is 49.4 Å². The number of nitrogens with two attached hydrogens (primary N) is 1. The average molecular weight is 349 g/mol. The molecule has 0 unspecified atom stereocenters. The van der Waals surface area contributed by atoms with Crippen molar-refractivity contribution < 1.29 is 4.79 Å². The van der Waals surface area contributed by atoms with Crippen LogP contribution in [0.3, 0.4) is 0 Å². The Kier molecular flexibility index (Phi) is 4.86. The number of carbonyl (C=O) groups excluding carboxylic acids is 1. The van der Waals surface area contributed by atoms with Crippen molar-refractivity contribution in [1.82, 2.24) is 20.3 Å². The molecule has 0 fully saturated rings. The third-order valence-electron chi connectivity index (χ3n) is 4.00. The van der Waals surface area contributed by atoms with Crippen molar-refractivity contribution >= 4 is 5.91 Å². The second kappa shape index (κ2) is 7.09. The molecule has 1 aromatic carbocycles. The van der Waals surface area contributed by atoms with Gasteiger partial charge in [0.1, 0.15) is 5.82 Å². The number of aromatic amines is 1. The molecule has 3 aromatic rings. The monoisotopic (exact) mass is 349 g/mol. The van der Waals surface area contributed by atoms with E-state index in [0.717, 1.165) is 22.6 Å². The Balaban J connectivity index is 1.95. The second-order valence-corrected chi connectivity index (χ2v) is 6.89. The molecule has 1 amide bonds. The number of nitrogens with one attached hydrogen (secondary N) is 2. The first-order valence-corrected chi connectivity index (χ1v) is 8.49. The number of nitrogens with zero attached hydrogens (tertiary/aromatic N) is 2. The third-order valence-corrected chi connectivity index (χ3v) is 4.00. The summed E-state index contributed by atoms with van der Waals surface area (Å²) in [7, 11) is 0. The van der Waals surface area contributed by atoms with Crippen LogP contribution >= 0.6 is 0 Å². The molecule has 3 rings (SSSR count). The third kappa shape index (κ3) is 3.97. The van der Waals surface area contributed by atoms with Crippen LogP contribution in [0.4, 0.5) is 0 Å². The highest BCUT2D eigenvalue weighted by Gasteiger charge is 2.22. The van der Waals surface area contributed by atoms with Crippen LogP contribution in [0.2, 0.25) is 0 Å². The van der Waals surface area contributed by atoms with Crippen molar-refractivity contribution in [2.45, 2.75) is 32.9 Å². The molecule has 0 spiro atoms. The summed E-state index contributed by atoms with van der Waals surface area (Å²) in [5.74, 6) is 0.420. The van der Waals surface area contributed by atoms with Crippen LogP contribution in [0.5, 0.6) is 0 Å². The van der Waals surface area contributed by atoms with E-state index in [2.05, 4.69) is 20.3 Å². The van der Waals surface area contributed by atoms with Gasteiger partial charge in [-0.3, -0.25) is 9.78 Å². The zero-order valence-electron chi connectivity index (χ0n) is 15.2. The molecule has 0 aliphatic rings. The number of rotatable bonds is 5. The summed E-state index contributed by atoms with van der Waals surface area (Å²) in [5, 5.41) is 2.81. The molecular formula is C20H23N5O. The standard InChI is InChI=1S/C20H23N5O/c1-13-7-9-14(10-8-13)17-18(15-6-4-5-11-22-15)25-16(24-17)12-23-19(26)20(2,3)21/h4-11H,12,21H2,1-3H3,(H,23,26)(H,24,25). The number of carbonyl (C=O) groups is 1. The highest BCUT2D eigenvalue weighted by atomic mass is 16.2. The lowest BCUT2D eigenvalue weighted by molar-refractivity contribution is -0.125. The fourth-order valence-corrected chi connectivity index (χ4v) is 2.51. The van der Waals surface area contributed by atoms with Gasteiger partial charge in [-0.25, -0.2) is 4.98 Å². The number of hydrogen-bond acceptors (Lipinski definition) is 4. The van der Waals surface area contributed by atoms with Crippen LogP contribution < -0.4 is 11.1 Å². The molecule has 2 heterocycles. The van der Waals surface area contributed by atoms with E-state index in [1.54, 1.807) is 20.0 Å². The first-order chi connectivity index (χ1) is 12.3. The summed E-state index contributed by atoms with van der Waals surface area (Å²) < 4.78 is 0. The Bertz CT molecular complexity index is 892. The Labute approximate surface area is 152 Å². The normalized spacial score (nSPS) is 11.4. The van der Waals surface area contributed by atoms with Crippen LogP contribution in [-0.4, -0.2) is 26.4 Å². The van der Waals surface area contributed by atoms with Gasteiger partial charge in [0, 0.05) is 11.8 Å². The number of imidazole rings is 1. The maximum Gasteiger partial charge on any atom is 0.239 e. The zero-order chi connectivity index (χ0) is 18.7. The van der Waals surface area contributed by atoms with E-state index < -0.39 is 5.54 Å². The van der Waals surface area contributed by atoms with Gasteiger partial charge < -0.3 is 16.0 Å². The molecule has 6 nitrogen and oxygen atoms in total. The number of hydrogen-bond donors (Lipinski definition) is 3. The topological polar surface area (TPSA) is 96.7 Å². The van der Waals surface area contributed by atoms with E-state index >= 15 is 0 Å².